The molecule has 0 unspecified atom stereocenters. The lowest BCUT2D eigenvalue weighted by atomic mass is 9.91. The van der Waals surface area contributed by atoms with Gasteiger partial charge in [-0.1, -0.05) is 19.8 Å². The van der Waals surface area contributed by atoms with Gasteiger partial charge in [-0.2, -0.15) is 0 Å². The Bertz CT molecular complexity index is 260. The third-order valence-corrected chi connectivity index (χ3v) is 7.75. The molecule has 0 radical (unpaired) electrons. The quantitative estimate of drug-likeness (QED) is 0.681. The average molecular weight is 230 g/mol. The molecule has 3 nitrogen and oxygen atoms in total. The SMILES string of the molecule is CCCP1(=O)N(C)[C@@H]2CCCC[C@H]2N1C. The molecule has 2 aliphatic rings. The monoisotopic (exact) mass is 230 g/mol. The van der Waals surface area contributed by atoms with Crippen LogP contribution < -0.4 is 0 Å². The number of fused-ring (bicyclic) bond motifs is 1. The van der Waals surface area contributed by atoms with E-state index in [1.807, 2.05) is 0 Å². The number of hydrogen-bond donors (Lipinski definition) is 0. The Balaban J connectivity index is 2.24. The molecule has 1 saturated heterocycles. The molecule has 0 N–H and O–H groups in total. The van der Waals surface area contributed by atoms with Crippen molar-refractivity contribution in [1.29, 1.82) is 0 Å². The van der Waals surface area contributed by atoms with Crippen LogP contribution in [0.5, 0.6) is 0 Å². The van der Waals surface area contributed by atoms with Crippen molar-refractivity contribution in [1.82, 2.24) is 9.34 Å². The lowest BCUT2D eigenvalue weighted by Gasteiger charge is -2.28. The van der Waals surface area contributed by atoms with E-state index in [0.717, 1.165) is 12.6 Å². The number of rotatable bonds is 2. The minimum Gasteiger partial charge on any atom is -0.289 e. The van der Waals surface area contributed by atoms with Crippen molar-refractivity contribution in [3.63, 3.8) is 0 Å². The molecule has 15 heavy (non-hydrogen) atoms. The summed E-state index contributed by atoms with van der Waals surface area (Å²) >= 11 is 0. The Hall–Kier alpha value is 0.150. The highest BCUT2D eigenvalue weighted by atomic mass is 31.2. The normalized spacial score (nSPS) is 36.7. The van der Waals surface area contributed by atoms with Crippen LogP contribution in [0.25, 0.3) is 0 Å². The molecule has 1 aliphatic heterocycles. The first-order chi connectivity index (χ1) is 7.11. The molecule has 1 heterocycles. The van der Waals surface area contributed by atoms with Crippen molar-refractivity contribution in [2.24, 2.45) is 0 Å². The summed E-state index contributed by atoms with van der Waals surface area (Å²) in [5, 5.41) is 0. The van der Waals surface area contributed by atoms with Crippen LogP contribution in [0.1, 0.15) is 39.0 Å². The fourth-order valence-corrected chi connectivity index (χ4v) is 6.38. The van der Waals surface area contributed by atoms with Gasteiger partial charge in [0.15, 0.2) is 0 Å². The molecule has 4 heteroatoms. The van der Waals surface area contributed by atoms with Crippen molar-refractivity contribution >= 4 is 7.44 Å². The molecule has 0 bridgehead atoms. The van der Waals surface area contributed by atoms with Gasteiger partial charge in [0.2, 0.25) is 7.44 Å². The van der Waals surface area contributed by atoms with Gasteiger partial charge in [-0.15, -0.1) is 0 Å². The van der Waals surface area contributed by atoms with Crippen molar-refractivity contribution in [3.8, 4) is 0 Å². The summed E-state index contributed by atoms with van der Waals surface area (Å²) in [6.45, 7) is 2.13. The van der Waals surface area contributed by atoms with Crippen LogP contribution in [0.4, 0.5) is 0 Å². The minimum atomic E-state index is -2.19. The molecule has 0 spiro atoms. The van der Waals surface area contributed by atoms with Gasteiger partial charge in [0.25, 0.3) is 0 Å². The Kier molecular flexibility index (Phi) is 3.25. The first kappa shape index (κ1) is 11.6. The van der Waals surface area contributed by atoms with Gasteiger partial charge in [-0.3, -0.25) is 4.57 Å². The van der Waals surface area contributed by atoms with Crippen LogP contribution in [0, 0.1) is 0 Å². The fourth-order valence-electron chi connectivity index (χ4n) is 3.26. The smallest absolute Gasteiger partial charge is 0.216 e. The van der Waals surface area contributed by atoms with Gasteiger partial charge in [0.1, 0.15) is 0 Å². The second kappa shape index (κ2) is 4.20. The molecule has 2 rings (SSSR count). The van der Waals surface area contributed by atoms with Crippen LogP contribution in [0.3, 0.4) is 0 Å². The lowest BCUT2D eigenvalue weighted by Crippen LogP contribution is -2.37. The van der Waals surface area contributed by atoms with Crippen LogP contribution in [0.15, 0.2) is 0 Å². The maximum absolute atomic E-state index is 12.9. The van der Waals surface area contributed by atoms with E-state index in [1.165, 1.54) is 25.7 Å². The molecule has 1 saturated carbocycles. The Morgan fingerprint density at radius 3 is 2.00 bits per heavy atom. The van der Waals surface area contributed by atoms with Gasteiger partial charge < -0.3 is 0 Å². The van der Waals surface area contributed by atoms with Crippen molar-refractivity contribution in [2.45, 2.75) is 51.1 Å². The van der Waals surface area contributed by atoms with Crippen LogP contribution >= 0.6 is 7.44 Å². The van der Waals surface area contributed by atoms with E-state index < -0.39 is 7.44 Å². The standard InChI is InChI=1S/C11H23N2OP/c1-4-9-15(14)12(2)10-7-5-6-8-11(10)13(15)3/h10-11H,4-9H2,1-3H3/t10-,11-/m1/s1. The summed E-state index contributed by atoms with van der Waals surface area (Å²) in [7, 11) is 1.95. The van der Waals surface area contributed by atoms with E-state index in [9.17, 15) is 4.57 Å². The van der Waals surface area contributed by atoms with Gasteiger partial charge in [0.05, 0.1) is 0 Å². The summed E-state index contributed by atoms with van der Waals surface area (Å²) in [6.07, 6.45) is 6.97. The van der Waals surface area contributed by atoms with Gasteiger partial charge >= 0.3 is 0 Å². The highest BCUT2D eigenvalue weighted by Crippen LogP contribution is 2.61. The van der Waals surface area contributed by atoms with E-state index in [2.05, 4.69) is 30.4 Å². The average Bonchev–Trinajstić information content (AvgIpc) is 2.43. The lowest BCUT2D eigenvalue weighted by molar-refractivity contribution is 0.233. The van der Waals surface area contributed by atoms with E-state index in [-0.39, 0.29) is 0 Å². The molecule has 0 aromatic heterocycles. The molecule has 2 fully saturated rings. The summed E-state index contributed by atoms with van der Waals surface area (Å²) in [4.78, 5) is 0. The zero-order valence-corrected chi connectivity index (χ0v) is 11.0. The predicted octanol–water partition coefficient (Wildman–Crippen LogP) is 2.78. The van der Waals surface area contributed by atoms with Crippen molar-refractivity contribution < 1.29 is 4.57 Å². The molecule has 2 atom stereocenters. The van der Waals surface area contributed by atoms with Crippen LogP contribution in [-0.4, -0.2) is 41.7 Å². The zero-order valence-electron chi connectivity index (χ0n) is 10.1. The maximum atomic E-state index is 12.9. The highest BCUT2D eigenvalue weighted by molar-refractivity contribution is 7.59. The predicted molar refractivity (Wildman–Crippen MR) is 64.3 cm³/mol. The Labute approximate surface area is 93.3 Å². The maximum Gasteiger partial charge on any atom is 0.216 e. The van der Waals surface area contributed by atoms with Crippen molar-refractivity contribution in [2.75, 3.05) is 20.3 Å². The second-order valence-electron chi connectivity index (χ2n) is 4.95. The fraction of sp³-hybridized carbons (Fsp3) is 1.00. The van der Waals surface area contributed by atoms with Crippen LogP contribution in [-0.2, 0) is 4.57 Å². The Morgan fingerprint density at radius 2 is 1.60 bits per heavy atom. The molecule has 0 amide bonds. The molecular weight excluding hydrogens is 207 g/mol. The molecule has 1 aliphatic carbocycles. The molecule has 88 valence electrons. The van der Waals surface area contributed by atoms with Gasteiger partial charge in [-0.05, 0) is 33.4 Å². The zero-order chi connectivity index (χ0) is 11.1. The largest absolute Gasteiger partial charge is 0.289 e. The first-order valence-electron chi connectivity index (χ1n) is 6.17. The summed E-state index contributed by atoms with van der Waals surface area (Å²) < 4.78 is 17.3. The van der Waals surface area contributed by atoms with Crippen LogP contribution in [0.2, 0.25) is 0 Å². The van der Waals surface area contributed by atoms with Gasteiger partial charge in [0, 0.05) is 18.2 Å². The van der Waals surface area contributed by atoms with E-state index in [0.29, 0.717) is 12.1 Å². The van der Waals surface area contributed by atoms with Gasteiger partial charge in [-0.25, -0.2) is 9.34 Å². The second-order valence-corrected chi connectivity index (χ2v) is 7.99. The number of hydrogen-bond acceptors (Lipinski definition) is 1. The first-order valence-corrected chi connectivity index (χ1v) is 7.96. The highest BCUT2D eigenvalue weighted by Gasteiger charge is 2.50. The van der Waals surface area contributed by atoms with Crippen molar-refractivity contribution in [3.05, 3.63) is 0 Å². The number of likely N-dealkylation sites (N-methyl/N-ethyl adjacent to an activating group) is 2. The molecule has 0 aromatic rings. The van der Waals surface area contributed by atoms with E-state index in [4.69, 9.17) is 0 Å². The Morgan fingerprint density at radius 1 is 1.13 bits per heavy atom. The number of nitrogens with zero attached hydrogens (tertiary/aromatic N) is 2. The minimum absolute atomic E-state index is 0.557. The molecular formula is C11H23N2OP. The van der Waals surface area contributed by atoms with E-state index in [1.54, 1.807) is 0 Å². The summed E-state index contributed by atoms with van der Waals surface area (Å²) in [5.74, 6) is 0. The summed E-state index contributed by atoms with van der Waals surface area (Å²) in [6, 6.07) is 1.11. The van der Waals surface area contributed by atoms with E-state index >= 15 is 0 Å². The topological polar surface area (TPSA) is 23.6 Å². The summed E-state index contributed by atoms with van der Waals surface area (Å²) in [5.41, 5.74) is 0. The third kappa shape index (κ3) is 1.69. The molecule has 0 aromatic carbocycles. The third-order valence-electron chi connectivity index (χ3n) is 4.15.